The highest BCUT2D eigenvalue weighted by molar-refractivity contribution is 7.96. The van der Waals surface area contributed by atoms with Crippen LogP contribution in [0.5, 0.6) is 0 Å². The Morgan fingerprint density at radius 1 is 1.67 bits per heavy atom. The summed E-state index contributed by atoms with van der Waals surface area (Å²) in [5, 5.41) is 0. The molecule has 1 atom stereocenters. The first-order valence-corrected chi connectivity index (χ1v) is 4.41. The van der Waals surface area contributed by atoms with Gasteiger partial charge in [-0.05, 0) is 13.2 Å². The predicted octanol–water partition coefficient (Wildman–Crippen LogP) is 0.985. The standard InChI is InChI=1S/C6H13NOS/c1-6-5-7(9-2)3-4-8-6/h6H,3-5H2,1-2H3/t6-/m1/s1. The fraction of sp³-hybridized carbons (Fsp3) is 1.00. The van der Waals surface area contributed by atoms with Gasteiger partial charge in [-0.25, -0.2) is 4.31 Å². The maximum Gasteiger partial charge on any atom is 0.0683 e. The first-order chi connectivity index (χ1) is 4.33. The maximum atomic E-state index is 5.35. The van der Waals surface area contributed by atoms with E-state index >= 15 is 0 Å². The first-order valence-electron chi connectivity index (χ1n) is 3.23. The molecule has 0 N–H and O–H groups in total. The third kappa shape index (κ3) is 2.16. The largest absolute Gasteiger partial charge is 0.376 e. The molecular formula is C6H13NOS. The molecule has 0 amide bonds. The smallest absolute Gasteiger partial charge is 0.0683 e. The Hall–Kier alpha value is 0.270. The number of hydrogen-bond acceptors (Lipinski definition) is 3. The SMILES string of the molecule is CSN1CCO[C@H](C)C1. The molecule has 54 valence electrons. The molecule has 0 aromatic carbocycles. The third-order valence-corrected chi connectivity index (χ3v) is 2.31. The second kappa shape index (κ2) is 3.44. The van der Waals surface area contributed by atoms with Gasteiger partial charge in [0.2, 0.25) is 0 Å². The molecular weight excluding hydrogens is 134 g/mol. The van der Waals surface area contributed by atoms with Crippen molar-refractivity contribution < 1.29 is 4.74 Å². The molecule has 0 aromatic heterocycles. The Kier molecular flexibility index (Phi) is 2.82. The molecule has 1 saturated heterocycles. The lowest BCUT2D eigenvalue weighted by atomic mass is 10.3. The molecule has 0 unspecified atom stereocenters. The molecule has 1 aliphatic rings. The van der Waals surface area contributed by atoms with Crippen molar-refractivity contribution in [1.29, 1.82) is 0 Å². The summed E-state index contributed by atoms with van der Waals surface area (Å²) >= 11 is 1.80. The quantitative estimate of drug-likeness (QED) is 0.513. The van der Waals surface area contributed by atoms with Gasteiger partial charge in [0.05, 0.1) is 12.7 Å². The van der Waals surface area contributed by atoms with Crippen LogP contribution in [-0.2, 0) is 4.74 Å². The topological polar surface area (TPSA) is 12.5 Å². The average molecular weight is 147 g/mol. The van der Waals surface area contributed by atoms with Crippen LogP contribution in [0.4, 0.5) is 0 Å². The van der Waals surface area contributed by atoms with Crippen molar-refractivity contribution in [3.05, 3.63) is 0 Å². The van der Waals surface area contributed by atoms with Crippen molar-refractivity contribution >= 4 is 11.9 Å². The lowest BCUT2D eigenvalue weighted by Crippen LogP contribution is -2.36. The Bertz CT molecular complexity index is 89.1. The average Bonchev–Trinajstić information content (AvgIpc) is 1.88. The minimum absolute atomic E-state index is 0.422. The van der Waals surface area contributed by atoms with Crippen LogP contribution < -0.4 is 0 Å². The number of ether oxygens (including phenoxy) is 1. The lowest BCUT2D eigenvalue weighted by Gasteiger charge is -2.28. The lowest BCUT2D eigenvalue weighted by molar-refractivity contribution is 0.0136. The molecule has 0 radical (unpaired) electrons. The fourth-order valence-electron chi connectivity index (χ4n) is 0.952. The van der Waals surface area contributed by atoms with E-state index in [4.69, 9.17) is 4.74 Å². The Labute approximate surface area is 60.7 Å². The van der Waals surface area contributed by atoms with E-state index in [1.54, 1.807) is 11.9 Å². The highest BCUT2D eigenvalue weighted by Crippen LogP contribution is 2.11. The second-order valence-corrected chi connectivity index (χ2v) is 3.13. The molecule has 9 heavy (non-hydrogen) atoms. The molecule has 1 heterocycles. The van der Waals surface area contributed by atoms with Gasteiger partial charge < -0.3 is 4.74 Å². The van der Waals surface area contributed by atoms with Gasteiger partial charge in [-0.2, -0.15) is 0 Å². The summed E-state index contributed by atoms with van der Waals surface area (Å²) in [6.07, 6.45) is 2.53. The van der Waals surface area contributed by atoms with Gasteiger partial charge in [-0.15, -0.1) is 0 Å². The molecule has 0 aliphatic carbocycles. The monoisotopic (exact) mass is 147 g/mol. The normalized spacial score (nSPS) is 30.7. The van der Waals surface area contributed by atoms with Crippen LogP contribution in [-0.4, -0.2) is 36.4 Å². The van der Waals surface area contributed by atoms with Crippen molar-refractivity contribution in [1.82, 2.24) is 4.31 Å². The van der Waals surface area contributed by atoms with Gasteiger partial charge in [0.15, 0.2) is 0 Å². The summed E-state index contributed by atoms with van der Waals surface area (Å²) in [6, 6.07) is 0. The number of nitrogens with zero attached hydrogens (tertiary/aromatic N) is 1. The van der Waals surface area contributed by atoms with E-state index in [0.717, 1.165) is 19.7 Å². The van der Waals surface area contributed by atoms with Crippen molar-refractivity contribution in [2.45, 2.75) is 13.0 Å². The predicted molar refractivity (Wildman–Crippen MR) is 40.5 cm³/mol. The van der Waals surface area contributed by atoms with Gasteiger partial charge >= 0.3 is 0 Å². The van der Waals surface area contributed by atoms with Gasteiger partial charge in [0.1, 0.15) is 0 Å². The van der Waals surface area contributed by atoms with E-state index in [1.807, 2.05) is 0 Å². The minimum Gasteiger partial charge on any atom is -0.376 e. The van der Waals surface area contributed by atoms with E-state index in [1.165, 1.54) is 0 Å². The molecule has 0 saturated carbocycles. The van der Waals surface area contributed by atoms with Gasteiger partial charge in [0.25, 0.3) is 0 Å². The summed E-state index contributed by atoms with van der Waals surface area (Å²) in [5.74, 6) is 0. The van der Waals surface area contributed by atoms with Crippen molar-refractivity contribution in [3.8, 4) is 0 Å². The molecule has 0 spiro atoms. The third-order valence-electron chi connectivity index (χ3n) is 1.46. The zero-order valence-corrected chi connectivity index (χ0v) is 6.78. The molecule has 0 bridgehead atoms. The van der Waals surface area contributed by atoms with Gasteiger partial charge in [0, 0.05) is 13.1 Å². The number of morpholine rings is 1. The number of rotatable bonds is 1. The van der Waals surface area contributed by atoms with E-state index < -0.39 is 0 Å². The zero-order chi connectivity index (χ0) is 6.69. The van der Waals surface area contributed by atoms with Crippen LogP contribution in [0.2, 0.25) is 0 Å². The summed E-state index contributed by atoms with van der Waals surface area (Å²) in [6.45, 7) is 5.15. The highest BCUT2D eigenvalue weighted by Gasteiger charge is 2.14. The zero-order valence-electron chi connectivity index (χ0n) is 5.96. The Balaban J connectivity index is 2.23. The van der Waals surface area contributed by atoms with Crippen LogP contribution in [0.15, 0.2) is 0 Å². The van der Waals surface area contributed by atoms with Crippen LogP contribution in [0, 0.1) is 0 Å². The van der Waals surface area contributed by atoms with Crippen LogP contribution in [0.3, 0.4) is 0 Å². The molecule has 3 heteroatoms. The molecule has 2 nitrogen and oxygen atoms in total. The molecule has 1 rings (SSSR count). The fourth-order valence-corrected chi connectivity index (χ4v) is 1.57. The van der Waals surface area contributed by atoms with Crippen LogP contribution in [0.1, 0.15) is 6.92 Å². The van der Waals surface area contributed by atoms with Gasteiger partial charge in [-0.3, -0.25) is 0 Å². The summed E-state index contributed by atoms with van der Waals surface area (Å²) in [4.78, 5) is 0. The molecule has 1 aliphatic heterocycles. The molecule has 1 fully saturated rings. The highest BCUT2D eigenvalue weighted by atomic mass is 32.2. The van der Waals surface area contributed by atoms with Crippen LogP contribution >= 0.6 is 11.9 Å². The van der Waals surface area contributed by atoms with E-state index in [2.05, 4.69) is 17.5 Å². The van der Waals surface area contributed by atoms with Crippen molar-refractivity contribution in [3.63, 3.8) is 0 Å². The van der Waals surface area contributed by atoms with E-state index in [0.29, 0.717) is 6.10 Å². The summed E-state index contributed by atoms with van der Waals surface area (Å²) in [7, 11) is 0. The number of hydrogen-bond donors (Lipinski definition) is 0. The molecule has 0 aromatic rings. The maximum absolute atomic E-state index is 5.35. The van der Waals surface area contributed by atoms with E-state index in [9.17, 15) is 0 Å². The second-order valence-electron chi connectivity index (χ2n) is 2.25. The minimum atomic E-state index is 0.422. The van der Waals surface area contributed by atoms with Gasteiger partial charge in [-0.1, -0.05) is 11.9 Å². The van der Waals surface area contributed by atoms with E-state index in [-0.39, 0.29) is 0 Å². The Morgan fingerprint density at radius 3 is 2.89 bits per heavy atom. The first kappa shape index (κ1) is 7.38. The summed E-state index contributed by atoms with van der Waals surface area (Å²) in [5.41, 5.74) is 0. The van der Waals surface area contributed by atoms with Crippen molar-refractivity contribution in [2.24, 2.45) is 0 Å². The summed E-state index contributed by atoms with van der Waals surface area (Å²) < 4.78 is 7.68. The van der Waals surface area contributed by atoms with Crippen molar-refractivity contribution in [2.75, 3.05) is 26.0 Å². The Morgan fingerprint density at radius 2 is 2.44 bits per heavy atom. The van der Waals surface area contributed by atoms with Crippen LogP contribution in [0.25, 0.3) is 0 Å².